The van der Waals surface area contributed by atoms with E-state index in [1.807, 2.05) is 37.3 Å². The molecule has 0 radical (unpaired) electrons. The molecule has 5 rings (SSSR count). The standard InChI is InChI=1S/C32H40N8O5/c1-20-27(34-17-26(30(41)37-21(2)31(42)43)39-32(44)45-18-22-7-4-3-5-8-22)35-19-36-29(20)40-15-12-23(13-16-40)25-11-10-24-9-6-14-33-28(24)38-25/h3-5,7-8,10-11,19,21,23,26H,6,9,12-18H2,1-2H3,(H,33,38)(H,37,41)(H,39,44)(H,42,43)(H,34,35,36)/t21-,26-/m0/s1. The summed E-state index contributed by atoms with van der Waals surface area (Å²) in [7, 11) is 0. The Morgan fingerprint density at radius 1 is 1.09 bits per heavy atom. The summed E-state index contributed by atoms with van der Waals surface area (Å²) in [6, 6.07) is 11.2. The monoisotopic (exact) mass is 616 g/mol. The van der Waals surface area contributed by atoms with Gasteiger partial charge in [-0.1, -0.05) is 36.4 Å². The Kier molecular flexibility index (Phi) is 10.3. The molecule has 0 aliphatic carbocycles. The molecule has 4 heterocycles. The van der Waals surface area contributed by atoms with Crippen LogP contribution in [0, 0.1) is 6.92 Å². The van der Waals surface area contributed by atoms with Crippen LogP contribution in [0.2, 0.25) is 0 Å². The lowest BCUT2D eigenvalue weighted by Gasteiger charge is -2.34. The molecule has 2 amide bonds. The molecule has 13 heteroatoms. The van der Waals surface area contributed by atoms with Crippen LogP contribution in [0.1, 0.15) is 54.5 Å². The van der Waals surface area contributed by atoms with Crippen LogP contribution in [0.25, 0.3) is 0 Å². The Balaban J connectivity index is 1.21. The van der Waals surface area contributed by atoms with Crippen LogP contribution in [0.3, 0.4) is 0 Å². The molecule has 2 atom stereocenters. The fourth-order valence-corrected chi connectivity index (χ4v) is 5.59. The number of nitrogens with zero attached hydrogens (tertiary/aromatic N) is 4. The van der Waals surface area contributed by atoms with Gasteiger partial charge in [-0.05, 0) is 56.7 Å². The molecule has 1 aromatic carbocycles. The maximum atomic E-state index is 13.0. The summed E-state index contributed by atoms with van der Waals surface area (Å²) in [4.78, 5) is 53.0. The lowest BCUT2D eigenvalue weighted by molar-refractivity contribution is -0.141. The average molecular weight is 617 g/mol. The molecule has 238 valence electrons. The summed E-state index contributed by atoms with van der Waals surface area (Å²) in [6.07, 6.45) is 4.75. The minimum atomic E-state index is -1.19. The quantitative estimate of drug-likeness (QED) is 0.214. The number of rotatable bonds is 11. The van der Waals surface area contributed by atoms with E-state index in [2.05, 4.69) is 48.3 Å². The summed E-state index contributed by atoms with van der Waals surface area (Å²) < 4.78 is 5.29. The molecule has 5 N–H and O–H groups in total. The Morgan fingerprint density at radius 3 is 2.62 bits per heavy atom. The van der Waals surface area contributed by atoms with Crippen LogP contribution in [0.15, 0.2) is 48.8 Å². The average Bonchev–Trinajstić information content (AvgIpc) is 3.06. The number of aromatic nitrogens is 3. The fraction of sp³-hybridized carbons (Fsp3) is 0.438. The second kappa shape index (κ2) is 14.7. The number of carboxylic acid groups (broad SMARTS) is 1. The maximum Gasteiger partial charge on any atom is 0.408 e. The van der Waals surface area contributed by atoms with Crippen molar-refractivity contribution in [1.82, 2.24) is 25.6 Å². The SMILES string of the molecule is Cc1c(NC[C@H](NC(=O)OCc2ccccc2)C(=O)N[C@@H](C)C(=O)O)ncnc1N1CCC(c2ccc3c(n2)NCCC3)CC1. The van der Waals surface area contributed by atoms with Gasteiger partial charge < -0.3 is 36.0 Å². The smallest absolute Gasteiger partial charge is 0.408 e. The van der Waals surface area contributed by atoms with Crippen LogP contribution < -0.4 is 26.2 Å². The van der Waals surface area contributed by atoms with E-state index in [0.717, 1.165) is 73.8 Å². The van der Waals surface area contributed by atoms with Crippen molar-refractivity contribution in [2.24, 2.45) is 0 Å². The van der Waals surface area contributed by atoms with E-state index >= 15 is 0 Å². The second-order valence-corrected chi connectivity index (χ2v) is 11.4. The summed E-state index contributed by atoms with van der Waals surface area (Å²) in [5.41, 5.74) is 4.00. The predicted molar refractivity (Wildman–Crippen MR) is 169 cm³/mol. The Morgan fingerprint density at radius 2 is 1.87 bits per heavy atom. The number of pyridine rings is 1. The number of piperidine rings is 1. The van der Waals surface area contributed by atoms with Crippen molar-refractivity contribution in [2.75, 3.05) is 41.7 Å². The minimum Gasteiger partial charge on any atom is -0.480 e. The number of aliphatic carboxylic acids is 1. The molecule has 0 bridgehead atoms. The highest BCUT2D eigenvalue weighted by Gasteiger charge is 2.27. The first kappa shape index (κ1) is 31.5. The van der Waals surface area contributed by atoms with Gasteiger partial charge in [0.2, 0.25) is 5.91 Å². The number of carbonyl (C=O) groups is 3. The van der Waals surface area contributed by atoms with Gasteiger partial charge in [-0.15, -0.1) is 0 Å². The van der Waals surface area contributed by atoms with Crippen molar-refractivity contribution in [2.45, 2.75) is 64.1 Å². The lowest BCUT2D eigenvalue weighted by Crippen LogP contribution is -2.53. The number of carbonyl (C=O) groups excluding carboxylic acids is 2. The van der Waals surface area contributed by atoms with Crippen LogP contribution in [0.4, 0.5) is 22.2 Å². The normalized spacial score (nSPS) is 16.0. The van der Waals surface area contributed by atoms with Gasteiger partial charge in [-0.2, -0.15) is 0 Å². The molecular weight excluding hydrogens is 576 g/mol. The maximum absolute atomic E-state index is 13.0. The van der Waals surface area contributed by atoms with Gasteiger partial charge in [0.15, 0.2) is 0 Å². The lowest BCUT2D eigenvalue weighted by atomic mass is 9.92. The van der Waals surface area contributed by atoms with E-state index in [4.69, 9.17) is 9.72 Å². The molecule has 2 aliphatic rings. The van der Waals surface area contributed by atoms with Gasteiger partial charge in [0, 0.05) is 43.4 Å². The molecule has 13 nitrogen and oxygen atoms in total. The highest BCUT2D eigenvalue weighted by molar-refractivity contribution is 5.89. The van der Waals surface area contributed by atoms with E-state index in [9.17, 15) is 19.5 Å². The van der Waals surface area contributed by atoms with Gasteiger partial charge in [0.25, 0.3) is 0 Å². The minimum absolute atomic E-state index is 0.0183. The Labute approximate surface area is 262 Å². The van der Waals surface area contributed by atoms with Crippen molar-refractivity contribution in [3.63, 3.8) is 0 Å². The third-order valence-corrected chi connectivity index (χ3v) is 8.21. The highest BCUT2D eigenvalue weighted by atomic mass is 16.5. The van der Waals surface area contributed by atoms with Gasteiger partial charge in [-0.25, -0.2) is 19.7 Å². The highest BCUT2D eigenvalue weighted by Crippen LogP contribution is 2.33. The number of amides is 2. The van der Waals surface area contributed by atoms with Crippen molar-refractivity contribution < 1.29 is 24.2 Å². The van der Waals surface area contributed by atoms with E-state index in [0.29, 0.717) is 11.7 Å². The van der Waals surface area contributed by atoms with E-state index in [-0.39, 0.29) is 13.2 Å². The van der Waals surface area contributed by atoms with E-state index in [1.165, 1.54) is 18.8 Å². The molecule has 0 unspecified atom stereocenters. The molecule has 0 saturated carbocycles. The number of benzene rings is 1. The van der Waals surface area contributed by atoms with Crippen molar-refractivity contribution in [3.8, 4) is 0 Å². The third-order valence-electron chi connectivity index (χ3n) is 8.21. The fourth-order valence-electron chi connectivity index (χ4n) is 5.59. The number of alkyl carbamates (subject to hydrolysis) is 1. The largest absolute Gasteiger partial charge is 0.480 e. The number of nitrogens with one attached hydrogen (secondary N) is 4. The molecule has 1 fully saturated rings. The molecule has 45 heavy (non-hydrogen) atoms. The van der Waals surface area contributed by atoms with Gasteiger partial charge in [0.05, 0.1) is 0 Å². The number of carboxylic acids is 1. The number of hydrogen-bond acceptors (Lipinski definition) is 10. The van der Waals surface area contributed by atoms with Crippen LogP contribution in [-0.4, -0.2) is 76.3 Å². The van der Waals surface area contributed by atoms with E-state index < -0.39 is 30.1 Å². The molecule has 2 aliphatic heterocycles. The number of ether oxygens (including phenoxy) is 1. The topological polar surface area (TPSA) is 171 Å². The zero-order valence-electron chi connectivity index (χ0n) is 25.6. The zero-order valence-corrected chi connectivity index (χ0v) is 25.6. The third kappa shape index (κ3) is 8.16. The Hall–Kier alpha value is -4.94. The predicted octanol–water partition coefficient (Wildman–Crippen LogP) is 3.22. The molecule has 2 aromatic heterocycles. The van der Waals surface area contributed by atoms with Crippen molar-refractivity contribution in [1.29, 1.82) is 0 Å². The number of fused-ring (bicyclic) bond motifs is 1. The zero-order chi connectivity index (χ0) is 31.8. The first-order valence-corrected chi connectivity index (χ1v) is 15.3. The van der Waals surface area contributed by atoms with Gasteiger partial charge in [0.1, 0.15) is 42.5 Å². The second-order valence-electron chi connectivity index (χ2n) is 11.4. The molecule has 1 saturated heterocycles. The first-order chi connectivity index (χ1) is 21.8. The van der Waals surface area contributed by atoms with Crippen LogP contribution in [0.5, 0.6) is 0 Å². The summed E-state index contributed by atoms with van der Waals surface area (Å²) in [5, 5.41) is 20.8. The summed E-state index contributed by atoms with van der Waals surface area (Å²) in [6.45, 7) is 5.79. The van der Waals surface area contributed by atoms with Crippen LogP contribution >= 0.6 is 0 Å². The molecular formula is C32H40N8O5. The summed E-state index contributed by atoms with van der Waals surface area (Å²) in [5.74, 6) is 0.826. The molecule has 0 spiro atoms. The summed E-state index contributed by atoms with van der Waals surface area (Å²) >= 11 is 0. The van der Waals surface area contributed by atoms with Gasteiger partial charge >= 0.3 is 12.1 Å². The van der Waals surface area contributed by atoms with E-state index in [1.54, 1.807) is 0 Å². The number of hydrogen-bond donors (Lipinski definition) is 5. The number of aryl methyl sites for hydroxylation is 1. The first-order valence-electron chi connectivity index (χ1n) is 15.3. The Bertz CT molecular complexity index is 1500. The van der Waals surface area contributed by atoms with Crippen molar-refractivity contribution >= 4 is 35.4 Å². The molecule has 3 aromatic rings. The number of anilines is 3. The van der Waals surface area contributed by atoms with Crippen LogP contribution in [-0.2, 0) is 27.4 Å². The van der Waals surface area contributed by atoms with Crippen molar-refractivity contribution in [3.05, 3.63) is 71.2 Å². The van der Waals surface area contributed by atoms with Gasteiger partial charge in [-0.3, -0.25) is 9.59 Å².